The summed E-state index contributed by atoms with van der Waals surface area (Å²) in [7, 11) is 1.87. The van der Waals surface area contributed by atoms with Crippen LogP contribution in [0.15, 0.2) is 35.6 Å². The first kappa shape index (κ1) is 22.1. The first-order chi connectivity index (χ1) is 13.1. The minimum absolute atomic E-state index is 0. The van der Waals surface area contributed by atoms with Gasteiger partial charge in [0.1, 0.15) is 11.9 Å². The van der Waals surface area contributed by atoms with Crippen LogP contribution >= 0.6 is 24.0 Å². The third-order valence-corrected chi connectivity index (χ3v) is 4.37. The summed E-state index contributed by atoms with van der Waals surface area (Å²) in [5.74, 6) is 0.347. The Labute approximate surface area is 181 Å². The van der Waals surface area contributed by atoms with Crippen molar-refractivity contribution in [3.8, 4) is 6.07 Å². The molecule has 1 aromatic carbocycles. The lowest BCUT2D eigenvalue weighted by Crippen LogP contribution is -2.48. The summed E-state index contributed by atoms with van der Waals surface area (Å²) < 4.78 is 21.7. The number of guanidine groups is 1. The summed E-state index contributed by atoms with van der Waals surface area (Å²) in [6, 6.07) is 6.35. The van der Waals surface area contributed by atoms with Crippen LogP contribution in [0.25, 0.3) is 0 Å². The van der Waals surface area contributed by atoms with Gasteiger partial charge in [-0.05, 0) is 25.1 Å². The Bertz CT molecular complexity index is 862. The third-order valence-electron chi connectivity index (χ3n) is 4.37. The summed E-state index contributed by atoms with van der Waals surface area (Å²) in [5, 5.41) is 16.5. The van der Waals surface area contributed by atoms with Crippen LogP contribution in [0.3, 0.4) is 0 Å². The second-order valence-electron chi connectivity index (χ2n) is 6.34. The Balaban J connectivity index is 0.00000280. The number of nitrogens with one attached hydrogen (secondary N) is 1. The fourth-order valence-corrected chi connectivity index (χ4v) is 3.00. The molecule has 1 fully saturated rings. The zero-order valence-electron chi connectivity index (χ0n) is 15.9. The van der Waals surface area contributed by atoms with E-state index in [9.17, 15) is 4.39 Å². The Kier molecular flexibility index (Phi) is 8.19. The molecular weight excluding hydrogens is 474 g/mol. The lowest BCUT2D eigenvalue weighted by molar-refractivity contribution is -0.00805. The second-order valence-corrected chi connectivity index (χ2v) is 6.34. The standard InChI is InChI=1S/C19H23FN6O.HI/c1-3-22-19(23-10-15-8-14(9-21)4-5-17(15)20)26-6-7-27-18(13-26)16-11-24-25(2)12-16;/h4-5,8,11-12,18H,3,6-7,10,13H2,1-2H3,(H,22,23);1H. The second kappa shape index (κ2) is 10.4. The largest absolute Gasteiger partial charge is 0.370 e. The summed E-state index contributed by atoms with van der Waals surface area (Å²) in [6.45, 7) is 4.77. The van der Waals surface area contributed by atoms with Crippen molar-refractivity contribution in [2.75, 3.05) is 26.2 Å². The van der Waals surface area contributed by atoms with Crippen LogP contribution < -0.4 is 5.32 Å². The van der Waals surface area contributed by atoms with Crippen LogP contribution in [0.1, 0.15) is 29.7 Å². The maximum Gasteiger partial charge on any atom is 0.194 e. The highest BCUT2D eigenvalue weighted by atomic mass is 127. The third kappa shape index (κ3) is 5.42. The van der Waals surface area contributed by atoms with E-state index in [0.29, 0.717) is 43.3 Å². The Hall–Kier alpha value is -2.19. The summed E-state index contributed by atoms with van der Waals surface area (Å²) in [4.78, 5) is 6.69. The van der Waals surface area contributed by atoms with Crippen molar-refractivity contribution in [2.45, 2.75) is 19.6 Å². The monoisotopic (exact) mass is 498 g/mol. The van der Waals surface area contributed by atoms with Gasteiger partial charge in [-0.25, -0.2) is 9.38 Å². The number of morpholine rings is 1. The Morgan fingerprint density at radius 1 is 1.50 bits per heavy atom. The Morgan fingerprint density at radius 3 is 3.00 bits per heavy atom. The van der Waals surface area contributed by atoms with Crippen molar-refractivity contribution in [3.63, 3.8) is 0 Å². The number of halogens is 2. The smallest absolute Gasteiger partial charge is 0.194 e. The number of aryl methyl sites for hydroxylation is 1. The van der Waals surface area contributed by atoms with E-state index in [1.807, 2.05) is 26.2 Å². The molecule has 28 heavy (non-hydrogen) atoms. The van der Waals surface area contributed by atoms with E-state index in [-0.39, 0.29) is 42.4 Å². The SMILES string of the molecule is CCNC(=NCc1cc(C#N)ccc1F)N1CCOC(c2cnn(C)c2)C1.I. The molecule has 0 spiro atoms. The van der Waals surface area contributed by atoms with Gasteiger partial charge in [-0.15, -0.1) is 24.0 Å². The van der Waals surface area contributed by atoms with Crippen molar-refractivity contribution in [2.24, 2.45) is 12.0 Å². The molecule has 3 rings (SSSR count). The normalized spacial score (nSPS) is 17.0. The van der Waals surface area contributed by atoms with Crippen LogP contribution in [0.5, 0.6) is 0 Å². The van der Waals surface area contributed by atoms with Crippen molar-refractivity contribution < 1.29 is 9.13 Å². The predicted molar refractivity (Wildman–Crippen MR) is 115 cm³/mol. The van der Waals surface area contributed by atoms with E-state index in [2.05, 4.69) is 20.3 Å². The topological polar surface area (TPSA) is 78.5 Å². The van der Waals surface area contributed by atoms with Gasteiger partial charge in [-0.2, -0.15) is 10.4 Å². The van der Waals surface area contributed by atoms with Crippen LogP contribution in [0.2, 0.25) is 0 Å². The van der Waals surface area contributed by atoms with Gasteiger partial charge >= 0.3 is 0 Å². The van der Waals surface area contributed by atoms with E-state index < -0.39 is 0 Å². The molecule has 9 heteroatoms. The zero-order valence-corrected chi connectivity index (χ0v) is 18.3. The fourth-order valence-electron chi connectivity index (χ4n) is 3.00. The number of rotatable bonds is 4. The number of aromatic nitrogens is 2. The van der Waals surface area contributed by atoms with Gasteiger partial charge in [0, 0.05) is 37.5 Å². The van der Waals surface area contributed by atoms with E-state index in [1.165, 1.54) is 12.1 Å². The highest BCUT2D eigenvalue weighted by Gasteiger charge is 2.25. The van der Waals surface area contributed by atoms with E-state index in [0.717, 1.165) is 5.56 Å². The lowest BCUT2D eigenvalue weighted by atomic mass is 10.1. The van der Waals surface area contributed by atoms with E-state index in [1.54, 1.807) is 16.9 Å². The molecule has 1 saturated heterocycles. The molecule has 2 heterocycles. The van der Waals surface area contributed by atoms with Crippen molar-refractivity contribution in [1.82, 2.24) is 20.0 Å². The number of ether oxygens (including phenoxy) is 1. The Morgan fingerprint density at radius 2 is 2.32 bits per heavy atom. The minimum Gasteiger partial charge on any atom is -0.370 e. The first-order valence-electron chi connectivity index (χ1n) is 8.92. The van der Waals surface area contributed by atoms with Crippen molar-refractivity contribution >= 4 is 29.9 Å². The van der Waals surface area contributed by atoms with Gasteiger partial charge in [-0.1, -0.05) is 0 Å². The molecule has 150 valence electrons. The fraction of sp³-hybridized carbons (Fsp3) is 0.421. The molecule has 1 unspecified atom stereocenters. The van der Waals surface area contributed by atoms with Gasteiger partial charge in [0.2, 0.25) is 0 Å². The van der Waals surface area contributed by atoms with Crippen LogP contribution in [-0.4, -0.2) is 46.9 Å². The maximum absolute atomic E-state index is 14.0. The summed E-state index contributed by atoms with van der Waals surface area (Å²) >= 11 is 0. The van der Waals surface area contributed by atoms with E-state index >= 15 is 0 Å². The molecule has 1 aliphatic rings. The van der Waals surface area contributed by atoms with Gasteiger partial charge < -0.3 is 15.0 Å². The van der Waals surface area contributed by atoms with Crippen LogP contribution in [0.4, 0.5) is 4.39 Å². The number of hydrogen-bond acceptors (Lipinski definition) is 4. The predicted octanol–water partition coefficient (Wildman–Crippen LogP) is 2.59. The first-order valence-corrected chi connectivity index (χ1v) is 8.92. The molecule has 7 nitrogen and oxygen atoms in total. The molecule has 0 aliphatic carbocycles. The quantitative estimate of drug-likeness (QED) is 0.399. The highest BCUT2D eigenvalue weighted by Crippen LogP contribution is 2.22. The lowest BCUT2D eigenvalue weighted by Gasteiger charge is -2.34. The van der Waals surface area contributed by atoms with Crippen molar-refractivity contribution in [1.29, 1.82) is 5.26 Å². The average molecular weight is 498 g/mol. The zero-order chi connectivity index (χ0) is 19.2. The number of nitrogens with zero attached hydrogens (tertiary/aromatic N) is 5. The van der Waals surface area contributed by atoms with Gasteiger partial charge in [0.15, 0.2) is 5.96 Å². The molecule has 1 atom stereocenters. The molecule has 1 aliphatic heterocycles. The molecule has 0 radical (unpaired) electrons. The maximum atomic E-state index is 14.0. The van der Waals surface area contributed by atoms with E-state index in [4.69, 9.17) is 10.00 Å². The van der Waals surface area contributed by atoms with Crippen LogP contribution in [0, 0.1) is 17.1 Å². The molecule has 2 aromatic rings. The molecule has 0 bridgehead atoms. The molecule has 1 N–H and O–H groups in total. The molecular formula is C19H24FIN6O. The highest BCUT2D eigenvalue weighted by molar-refractivity contribution is 14.0. The van der Waals surface area contributed by atoms with Crippen LogP contribution in [-0.2, 0) is 18.3 Å². The van der Waals surface area contributed by atoms with Gasteiger partial charge in [0.25, 0.3) is 0 Å². The van der Waals surface area contributed by atoms with Gasteiger partial charge in [-0.3, -0.25) is 4.68 Å². The summed E-state index contributed by atoms with van der Waals surface area (Å²) in [5.41, 5.74) is 1.85. The van der Waals surface area contributed by atoms with Gasteiger partial charge in [0.05, 0.1) is 37.5 Å². The molecule has 0 amide bonds. The molecule has 0 saturated carbocycles. The average Bonchev–Trinajstić information content (AvgIpc) is 3.13. The number of nitriles is 1. The van der Waals surface area contributed by atoms with Crippen molar-refractivity contribution in [3.05, 3.63) is 53.1 Å². The number of benzene rings is 1. The summed E-state index contributed by atoms with van der Waals surface area (Å²) in [6.07, 6.45) is 3.66. The molecule has 1 aromatic heterocycles. The number of hydrogen-bond donors (Lipinski definition) is 1. The number of aliphatic imine (C=N–C) groups is 1. The minimum atomic E-state index is -0.358.